The molecule has 0 aromatic rings. The molecule has 0 aliphatic heterocycles. The van der Waals surface area contributed by atoms with Gasteiger partial charge in [-0.3, -0.25) is 0 Å². The number of carbonyl (C=O) groups is 3. The Morgan fingerprint density at radius 2 is 1.00 bits per heavy atom. The number of hydrogen-bond donors (Lipinski definition) is 3. The van der Waals surface area contributed by atoms with Gasteiger partial charge in [-0.1, -0.05) is 0 Å². The average molecular weight is 332 g/mol. The summed E-state index contributed by atoms with van der Waals surface area (Å²) < 4.78 is -5.18. The molecule has 6 nitrogen and oxygen atoms in total. The van der Waals surface area contributed by atoms with Crippen LogP contribution in [-0.4, -0.2) is 27.9 Å². The summed E-state index contributed by atoms with van der Waals surface area (Å²) in [5.74, 6) is 0. The van der Waals surface area contributed by atoms with Gasteiger partial charge < -0.3 is 0 Å². The van der Waals surface area contributed by atoms with Crippen LogP contribution in [0.1, 0.15) is 0 Å². The van der Waals surface area contributed by atoms with Gasteiger partial charge in [0, 0.05) is 0 Å². The van der Waals surface area contributed by atoms with Crippen molar-refractivity contribution in [2.45, 2.75) is 0 Å². The molecule has 0 saturated heterocycles. The number of rotatable bonds is 3. The van der Waals surface area contributed by atoms with E-state index in [1.165, 1.54) is 0 Å². The molecule has 0 atom stereocenters. The van der Waals surface area contributed by atoms with E-state index in [1.807, 2.05) is 0 Å². The van der Waals surface area contributed by atoms with Gasteiger partial charge in [0.15, 0.2) is 0 Å². The van der Waals surface area contributed by atoms with Crippen molar-refractivity contribution in [3.63, 3.8) is 0 Å². The summed E-state index contributed by atoms with van der Waals surface area (Å²) in [5, 5.41) is 24.1. The van der Waals surface area contributed by atoms with Crippen LogP contribution >= 0.6 is 0 Å². The second-order valence-corrected chi connectivity index (χ2v) is 5.29. The molecule has 62 valence electrons. The van der Waals surface area contributed by atoms with E-state index in [0.29, 0.717) is 0 Å². The van der Waals surface area contributed by atoms with E-state index in [2.05, 4.69) is 0 Å². The van der Waals surface area contributed by atoms with Gasteiger partial charge in [0.2, 0.25) is 0 Å². The van der Waals surface area contributed by atoms with Crippen LogP contribution < -0.4 is 0 Å². The molecule has 0 rings (SSSR count). The van der Waals surface area contributed by atoms with E-state index in [9.17, 15) is 14.4 Å². The molecule has 0 aliphatic carbocycles. The monoisotopic (exact) mass is 332 g/mol. The first kappa shape index (κ1) is 9.15. The average Bonchev–Trinajstić information content (AvgIpc) is 1.59. The Bertz CT molecular complexity index is 152. The first-order valence-electron chi connectivity index (χ1n) is 1.74. The zero-order valence-corrected chi connectivity index (χ0v) is 6.53. The molecule has 0 aromatic carbocycles. The molecule has 0 fully saturated rings. The first-order valence-corrected chi connectivity index (χ1v) is 4.99. The first-order chi connectivity index (χ1) is 4.46. The molecular weight excluding hydrogens is 329 g/mol. The van der Waals surface area contributed by atoms with Crippen molar-refractivity contribution in [3.05, 3.63) is 0 Å². The molecule has 0 saturated carbocycles. The van der Waals surface area contributed by atoms with Crippen LogP contribution in [0.15, 0.2) is 0 Å². The number of hydrogen-bond acceptors (Lipinski definition) is 3. The summed E-state index contributed by atoms with van der Waals surface area (Å²) in [4.78, 5) is 29.7. The van der Waals surface area contributed by atoms with Crippen LogP contribution in [0.5, 0.6) is 0 Å². The van der Waals surface area contributed by atoms with Gasteiger partial charge in [-0.05, 0) is 0 Å². The van der Waals surface area contributed by atoms with Gasteiger partial charge in [-0.25, -0.2) is 0 Å². The molecule has 10 heavy (non-hydrogen) atoms. The quantitative estimate of drug-likeness (QED) is 0.654. The van der Waals surface area contributed by atoms with Gasteiger partial charge in [-0.15, -0.1) is 0 Å². The van der Waals surface area contributed by atoms with Crippen LogP contribution in [0.4, 0.5) is 14.4 Å². The van der Waals surface area contributed by atoms with Crippen LogP contribution in [0.25, 0.3) is 0 Å². The summed E-state index contributed by atoms with van der Waals surface area (Å²) in [6.07, 6.45) is 0. The van der Waals surface area contributed by atoms with Gasteiger partial charge in [0.1, 0.15) is 0 Å². The molecular formula is C3H3AuO6. The SMILES string of the molecule is O=[C](O)[Au]([C](=O)O)[C](=O)O. The zero-order valence-electron chi connectivity index (χ0n) is 4.37. The minimum atomic E-state index is -3.79. The van der Waals surface area contributed by atoms with Crippen LogP contribution in [0.2, 0.25) is 0 Å². The van der Waals surface area contributed by atoms with Crippen LogP contribution in [0.3, 0.4) is 0 Å². The molecule has 0 radical (unpaired) electrons. The molecule has 0 amide bonds. The summed E-state index contributed by atoms with van der Waals surface area (Å²) in [6, 6.07) is 0. The maximum atomic E-state index is 9.89. The third-order valence-electron chi connectivity index (χ3n) is 0.387. The summed E-state index contributed by atoms with van der Waals surface area (Å²) >= 11 is -3.79. The predicted molar refractivity (Wildman–Crippen MR) is 24.1 cm³/mol. The second kappa shape index (κ2) is 3.35. The van der Waals surface area contributed by atoms with E-state index < -0.39 is 31.0 Å². The number of carboxylic acid groups (broad SMARTS) is 3. The third kappa shape index (κ3) is 2.18. The Morgan fingerprint density at radius 3 is 1.00 bits per heavy atom. The molecule has 0 aliphatic rings. The Labute approximate surface area is 61.2 Å². The Balaban J connectivity index is 4.43. The molecule has 7 heteroatoms. The van der Waals surface area contributed by atoms with Crippen molar-refractivity contribution >= 4 is 12.6 Å². The normalized spacial score (nSPS) is 10.2. The zero-order chi connectivity index (χ0) is 8.31. The Kier molecular flexibility index (Phi) is 3.07. The van der Waals surface area contributed by atoms with E-state index in [4.69, 9.17) is 15.3 Å². The van der Waals surface area contributed by atoms with E-state index >= 15 is 0 Å². The van der Waals surface area contributed by atoms with Crippen molar-refractivity contribution in [1.29, 1.82) is 0 Å². The fourth-order valence-corrected chi connectivity index (χ4v) is 1.35. The van der Waals surface area contributed by atoms with Gasteiger partial charge in [0.05, 0.1) is 0 Å². The maximum absolute atomic E-state index is 9.89. The van der Waals surface area contributed by atoms with Crippen molar-refractivity contribution in [3.8, 4) is 0 Å². The van der Waals surface area contributed by atoms with Gasteiger partial charge in [0.25, 0.3) is 0 Å². The standard InChI is InChI=1S/3CHO2.Au/c3*2-1-3;/h3*(H,2,3);. The topological polar surface area (TPSA) is 112 Å². The van der Waals surface area contributed by atoms with E-state index in [0.717, 1.165) is 0 Å². The van der Waals surface area contributed by atoms with Crippen molar-refractivity contribution in [1.82, 2.24) is 0 Å². The van der Waals surface area contributed by atoms with Crippen LogP contribution in [-0.2, 0) is 18.4 Å². The van der Waals surface area contributed by atoms with Crippen LogP contribution in [0, 0.1) is 0 Å². The van der Waals surface area contributed by atoms with E-state index in [1.54, 1.807) is 0 Å². The van der Waals surface area contributed by atoms with Gasteiger partial charge in [-0.2, -0.15) is 0 Å². The van der Waals surface area contributed by atoms with E-state index in [-0.39, 0.29) is 0 Å². The van der Waals surface area contributed by atoms with Crippen molar-refractivity contribution in [2.24, 2.45) is 0 Å². The second-order valence-electron chi connectivity index (χ2n) is 0.887. The summed E-state index contributed by atoms with van der Waals surface area (Å²) in [5.41, 5.74) is 0. The summed E-state index contributed by atoms with van der Waals surface area (Å²) in [7, 11) is 0. The predicted octanol–water partition coefficient (Wildman–Crippen LogP) is 0.639. The molecule has 0 unspecified atom stereocenters. The Hall–Kier alpha value is -0.850. The summed E-state index contributed by atoms with van der Waals surface area (Å²) in [6.45, 7) is 0. The fourth-order valence-electron chi connectivity index (χ4n) is 0.165. The molecule has 0 bridgehead atoms. The van der Waals surface area contributed by atoms with Crippen molar-refractivity contribution in [2.75, 3.05) is 0 Å². The van der Waals surface area contributed by atoms with Gasteiger partial charge >= 0.3 is 60.7 Å². The Morgan fingerprint density at radius 1 is 0.800 bits per heavy atom. The minimum absolute atomic E-state index is 1.73. The molecule has 0 aromatic heterocycles. The fraction of sp³-hybridized carbons (Fsp3) is 0. The molecule has 0 heterocycles. The molecule has 3 N–H and O–H groups in total. The van der Waals surface area contributed by atoms with Crippen molar-refractivity contribution < 1.29 is 48.1 Å². The molecule has 0 spiro atoms. The third-order valence-corrected chi connectivity index (χ3v) is 3.17.